The average molecular weight is 403 g/mol. The molecule has 1 aliphatic rings. The van der Waals surface area contributed by atoms with E-state index in [0.29, 0.717) is 5.02 Å². The van der Waals surface area contributed by atoms with E-state index in [4.69, 9.17) is 21.7 Å². The minimum absolute atomic E-state index is 0.0218. The Morgan fingerprint density at radius 2 is 1.85 bits per heavy atom. The van der Waals surface area contributed by atoms with Gasteiger partial charge in [0.15, 0.2) is 5.78 Å². The van der Waals surface area contributed by atoms with Crippen molar-refractivity contribution in [2.45, 2.75) is 39.0 Å². The first kappa shape index (κ1) is 18.4. The fourth-order valence-electron chi connectivity index (χ4n) is 3.36. The molecule has 7 heteroatoms. The summed E-state index contributed by atoms with van der Waals surface area (Å²) in [6.45, 7) is 8.15. The molecule has 0 saturated carbocycles. The summed E-state index contributed by atoms with van der Waals surface area (Å²) in [4.78, 5) is 20.6. The molecule has 1 aliphatic heterocycles. The Balaban J connectivity index is 1.43. The maximum absolute atomic E-state index is 12.7. The third-order valence-corrected chi connectivity index (χ3v) is 6.30. The number of fused-ring (bicyclic) bond motifs is 1. The summed E-state index contributed by atoms with van der Waals surface area (Å²) in [6.07, 6.45) is 3.71. The van der Waals surface area contributed by atoms with Gasteiger partial charge < -0.3 is 4.90 Å². The number of imidazole rings is 1. The SMILES string of the molecule is CC(C)(C)c1cn2nc(N3CCC(C(=O)c4ccc(Cl)cc4)CC3)sc2n1. The van der Waals surface area contributed by atoms with Crippen LogP contribution in [0.5, 0.6) is 0 Å². The topological polar surface area (TPSA) is 50.5 Å². The molecule has 0 amide bonds. The lowest BCUT2D eigenvalue weighted by molar-refractivity contribution is 0.0900. The van der Waals surface area contributed by atoms with Gasteiger partial charge in [-0.15, -0.1) is 5.10 Å². The van der Waals surface area contributed by atoms with Gasteiger partial charge in [0.2, 0.25) is 10.1 Å². The molecule has 0 spiro atoms. The Bertz CT molecular complexity index is 931. The summed E-state index contributed by atoms with van der Waals surface area (Å²) in [7, 11) is 0. The Morgan fingerprint density at radius 1 is 1.19 bits per heavy atom. The monoisotopic (exact) mass is 402 g/mol. The number of Topliss-reactive ketones (excluding diaryl/α,β-unsaturated/α-hetero) is 1. The van der Waals surface area contributed by atoms with Crippen LogP contribution in [0.3, 0.4) is 0 Å². The third-order valence-electron chi connectivity index (χ3n) is 5.07. The van der Waals surface area contributed by atoms with Gasteiger partial charge in [-0.3, -0.25) is 4.79 Å². The van der Waals surface area contributed by atoms with E-state index in [1.165, 1.54) is 0 Å². The molecule has 5 nitrogen and oxygen atoms in total. The summed E-state index contributed by atoms with van der Waals surface area (Å²) >= 11 is 7.53. The molecular weight excluding hydrogens is 380 g/mol. The average Bonchev–Trinajstić information content (AvgIpc) is 3.21. The van der Waals surface area contributed by atoms with E-state index in [1.807, 2.05) is 22.8 Å². The molecule has 27 heavy (non-hydrogen) atoms. The van der Waals surface area contributed by atoms with Crippen LogP contribution in [0.1, 0.15) is 49.7 Å². The van der Waals surface area contributed by atoms with Crippen molar-refractivity contribution in [2.75, 3.05) is 18.0 Å². The van der Waals surface area contributed by atoms with E-state index in [-0.39, 0.29) is 17.1 Å². The van der Waals surface area contributed by atoms with Gasteiger partial charge >= 0.3 is 0 Å². The number of halogens is 1. The number of carbonyl (C=O) groups excluding carboxylic acids is 1. The summed E-state index contributed by atoms with van der Waals surface area (Å²) in [6, 6.07) is 7.20. The first-order valence-corrected chi connectivity index (χ1v) is 10.4. The smallest absolute Gasteiger partial charge is 0.214 e. The first-order valence-electron chi connectivity index (χ1n) is 9.23. The summed E-state index contributed by atoms with van der Waals surface area (Å²) in [5, 5.41) is 6.35. The lowest BCUT2D eigenvalue weighted by Gasteiger charge is -2.30. The van der Waals surface area contributed by atoms with Gasteiger partial charge in [-0.05, 0) is 37.1 Å². The molecule has 1 aromatic carbocycles. The second kappa shape index (κ2) is 6.91. The van der Waals surface area contributed by atoms with Crippen molar-refractivity contribution >= 4 is 38.8 Å². The molecule has 0 unspecified atom stereocenters. The van der Waals surface area contributed by atoms with Crippen LogP contribution in [0.15, 0.2) is 30.5 Å². The van der Waals surface area contributed by atoms with E-state index in [1.54, 1.807) is 23.5 Å². The van der Waals surface area contributed by atoms with E-state index in [2.05, 4.69) is 25.7 Å². The molecule has 2 aromatic heterocycles. The minimum Gasteiger partial charge on any atom is -0.347 e. The predicted molar refractivity (Wildman–Crippen MR) is 110 cm³/mol. The quantitative estimate of drug-likeness (QED) is 0.588. The Morgan fingerprint density at radius 3 is 2.44 bits per heavy atom. The highest BCUT2D eigenvalue weighted by Crippen LogP contribution is 2.31. The molecule has 3 aromatic rings. The molecule has 1 saturated heterocycles. The molecule has 4 rings (SSSR count). The molecule has 0 aliphatic carbocycles. The molecule has 0 N–H and O–H groups in total. The number of rotatable bonds is 3. The van der Waals surface area contributed by atoms with Gasteiger partial charge in [0.25, 0.3) is 0 Å². The standard InChI is InChI=1S/C20H23ClN4OS/c1-20(2,3)16-12-25-18(22-16)27-19(23-25)24-10-8-14(9-11-24)17(26)13-4-6-15(21)7-5-13/h4-7,12,14H,8-11H2,1-3H3. The van der Waals surface area contributed by atoms with Crippen molar-refractivity contribution in [3.05, 3.63) is 46.7 Å². The second-order valence-electron chi connectivity index (χ2n) is 8.12. The number of benzene rings is 1. The zero-order valence-electron chi connectivity index (χ0n) is 15.8. The van der Waals surface area contributed by atoms with Crippen LogP contribution in [0.4, 0.5) is 5.13 Å². The highest BCUT2D eigenvalue weighted by molar-refractivity contribution is 7.20. The van der Waals surface area contributed by atoms with Crippen LogP contribution in [0.25, 0.3) is 4.96 Å². The van der Waals surface area contributed by atoms with E-state index < -0.39 is 0 Å². The van der Waals surface area contributed by atoms with Crippen LogP contribution in [0.2, 0.25) is 5.02 Å². The summed E-state index contributed by atoms with van der Waals surface area (Å²) in [5.74, 6) is 0.286. The van der Waals surface area contributed by atoms with Crippen molar-refractivity contribution in [1.82, 2.24) is 14.6 Å². The molecule has 3 heterocycles. The first-order chi connectivity index (χ1) is 12.8. The Hall–Kier alpha value is -1.92. The van der Waals surface area contributed by atoms with E-state index in [9.17, 15) is 4.79 Å². The molecular formula is C20H23ClN4OS. The zero-order valence-corrected chi connectivity index (χ0v) is 17.3. The Kier molecular flexibility index (Phi) is 4.72. The number of hydrogen-bond donors (Lipinski definition) is 0. The maximum Gasteiger partial charge on any atom is 0.214 e. The number of anilines is 1. The van der Waals surface area contributed by atoms with E-state index in [0.717, 1.165) is 47.3 Å². The van der Waals surface area contributed by atoms with Crippen LogP contribution < -0.4 is 4.90 Å². The molecule has 142 valence electrons. The van der Waals surface area contributed by atoms with Gasteiger partial charge in [0, 0.05) is 35.0 Å². The van der Waals surface area contributed by atoms with Gasteiger partial charge in [-0.1, -0.05) is 43.7 Å². The van der Waals surface area contributed by atoms with Crippen molar-refractivity contribution in [3.8, 4) is 0 Å². The maximum atomic E-state index is 12.7. The number of ketones is 1. The number of nitrogens with zero attached hydrogens (tertiary/aromatic N) is 4. The van der Waals surface area contributed by atoms with Gasteiger partial charge in [-0.2, -0.15) is 0 Å². The van der Waals surface area contributed by atoms with Crippen molar-refractivity contribution < 1.29 is 4.79 Å². The third kappa shape index (κ3) is 3.73. The number of hydrogen-bond acceptors (Lipinski definition) is 5. The zero-order chi connectivity index (χ0) is 19.2. The van der Waals surface area contributed by atoms with Crippen LogP contribution in [-0.4, -0.2) is 33.5 Å². The lowest BCUT2D eigenvalue weighted by atomic mass is 9.89. The fraction of sp³-hybridized carbons (Fsp3) is 0.450. The minimum atomic E-state index is 0.0218. The van der Waals surface area contributed by atoms with Gasteiger partial charge in [0.05, 0.1) is 11.9 Å². The molecule has 0 atom stereocenters. The normalized spacial score (nSPS) is 16.2. The molecule has 0 radical (unpaired) electrons. The second-order valence-corrected chi connectivity index (χ2v) is 9.49. The van der Waals surface area contributed by atoms with Crippen LogP contribution >= 0.6 is 22.9 Å². The predicted octanol–water partition coefficient (Wildman–Crippen LogP) is 4.84. The Labute approximate surface area is 168 Å². The summed E-state index contributed by atoms with van der Waals surface area (Å²) in [5.41, 5.74) is 1.83. The molecule has 0 bridgehead atoms. The lowest BCUT2D eigenvalue weighted by Crippen LogP contribution is -2.36. The van der Waals surface area contributed by atoms with Crippen molar-refractivity contribution in [3.63, 3.8) is 0 Å². The van der Waals surface area contributed by atoms with E-state index >= 15 is 0 Å². The summed E-state index contributed by atoms with van der Waals surface area (Å²) < 4.78 is 1.88. The highest BCUT2D eigenvalue weighted by Gasteiger charge is 2.28. The molecule has 1 fully saturated rings. The van der Waals surface area contributed by atoms with Crippen LogP contribution in [-0.2, 0) is 5.41 Å². The number of piperidine rings is 1. The van der Waals surface area contributed by atoms with Gasteiger partial charge in [-0.25, -0.2) is 9.50 Å². The van der Waals surface area contributed by atoms with Crippen molar-refractivity contribution in [1.29, 1.82) is 0 Å². The fourth-order valence-corrected chi connectivity index (χ4v) is 4.42. The number of aromatic nitrogens is 3. The number of carbonyl (C=O) groups is 1. The van der Waals surface area contributed by atoms with Crippen LogP contribution in [0, 0.1) is 5.92 Å². The largest absolute Gasteiger partial charge is 0.347 e. The van der Waals surface area contributed by atoms with Gasteiger partial charge in [0.1, 0.15) is 0 Å². The van der Waals surface area contributed by atoms with Crippen molar-refractivity contribution in [2.24, 2.45) is 5.92 Å². The highest BCUT2D eigenvalue weighted by atomic mass is 35.5.